The highest BCUT2D eigenvalue weighted by Gasteiger charge is 2.28. The molecule has 0 saturated carbocycles. The molecule has 0 spiro atoms. The van der Waals surface area contributed by atoms with Gasteiger partial charge in [0.2, 0.25) is 0 Å². The first-order valence-corrected chi connectivity index (χ1v) is 11.3. The van der Waals surface area contributed by atoms with Crippen molar-refractivity contribution in [2.45, 2.75) is 40.0 Å². The highest BCUT2D eigenvalue weighted by molar-refractivity contribution is 9.10. The minimum Gasteiger partial charge on any atom is -0.455 e. The van der Waals surface area contributed by atoms with Gasteiger partial charge in [0.1, 0.15) is 5.76 Å². The molecule has 6 nitrogen and oxygen atoms in total. The molecule has 0 atom stereocenters. The number of carbonyl (C=O) groups is 2. The molecule has 2 N–H and O–H groups in total. The lowest BCUT2D eigenvalue weighted by atomic mass is 9.93. The molecule has 0 bridgehead atoms. The number of hydrogen-bond donors (Lipinski definition) is 2. The zero-order valence-corrected chi connectivity index (χ0v) is 19.8. The van der Waals surface area contributed by atoms with Crippen molar-refractivity contribution in [2.24, 2.45) is 5.10 Å². The SMILES string of the molecule is Cc1cc(C)cc(NC(=O)c2oc3c(c2C)/C(=N/NC(=O)c2ccccc2Br)CCC3)c1. The molecule has 1 heterocycles. The number of benzene rings is 2. The second-order valence-corrected chi connectivity index (χ2v) is 8.87. The third-order valence-corrected chi connectivity index (χ3v) is 6.11. The first-order valence-electron chi connectivity index (χ1n) is 10.5. The summed E-state index contributed by atoms with van der Waals surface area (Å²) in [4.78, 5) is 25.5. The smallest absolute Gasteiger partial charge is 0.291 e. The molecule has 1 aromatic heterocycles. The molecular weight excluding hydrogens is 470 g/mol. The Hall–Kier alpha value is -3.19. The molecule has 0 fully saturated rings. The number of amides is 2. The molecule has 0 radical (unpaired) electrons. The fourth-order valence-electron chi connectivity index (χ4n) is 4.06. The molecular formula is C25H24BrN3O3. The Kier molecular flexibility index (Phi) is 6.28. The monoisotopic (exact) mass is 493 g/mol. The van der Waals surface area contributed by atoms with Gasteiger partial charge < -0.3 is 9.73 Å². The van der Waals surface area contributed by atoms with Crippen LogP contribution in [0.3, 0.4) is 0 Å². The van der Waals surface area contributed by atoms with E-state index in [0.717, 1.165) is 52.3 Å². The topological polar surface area (TPSA) is 83.7 Å². The molecule has 2 aromatic carbocycles. The lowest BCUT2D eigenvalue weighted by molar-refractivity contribution is 0.0952. The highest BCUT2D eigenvalue weighted by atomic mass is 79.9. The van der Waals surface area contributed by atoms with Crippen LogP contribution in [0.4, 0.5) is 5.69 Å². The summed E-state index contributed by atoms with van der Waals surface area (Å²) >= 11 is 3.39. The quantitative estimate of drug-likeness (QED) is 0.457. The number of nitrogens with one attached hydrogen (secondary N) is 2. The van der Waals surface area contributed by atoms with Crippen molar-refractivity contribution in [3.05, 3.63) is 86.3 Å². The van der Waals surface area contributed by atoms with Gasteiger partial charge in [0.25, 0.3) is 11.8 Å². The second kappa shape index (κ2) is 9.12. The zero-order valence-electron chi connectivity index (χ0n) is 18.2. The van der Waals surface area contributed by atoms with Crippen molar-refractivity contribution in [1.82, 2.24) is 5.43 Å². The molecule has 1 aliphatic carbocycles. The van der Waals surface area contributed by atoms with Crippen LogP contribution < -0.4 is 10.7 Å². The van der Waals surface area contributed by atoms with Crippen molar-refractivity contribution < 1.29 is 14.0 Å². The van der Waals surface area contributed by atoms with Crippen LogP contribution in [-0.4, -0.2) is 17.5 Å². The number of rotatable bonds is 4. The standard InChI is InChI=1S/C25H24BrN3O3/c1-14-11-15(2)13-17(12-14)27-25(31)23-16(3)22-20(9-6-10-21(22)32-23)28-29-24(30)18-7-4-5-8-19(18)26/h4-5,7-8,11-13H,6,9-10H2,1-3H3,(H,27,31)(H,29,30)/b28-20+. The number of hydrazone groups is 1. The van der Waals surface area contributed by atoms with Gasteiger partial charge in [-0.15, -0.1) is 0 Å². The number of halogens is 1. The Labute approximate surface area is 195 Å². The average Bonchev–Trinajstić information content (AvgIpc) is 3.09. The number of carbonyl (C=O) groups excluding carboxylic acids is 2. The van der Waals surface area contributed by atoms with Crippen molar-refractivity contribution in [2.75, 3.05) is 5.32 Å². The second-order valence-electron chi connectivity index (χ2n) is 8.02. The van der Waals surface area contributed by atoms with Gasteiger partial charge >= 0.3 is 0 Å². The summed E-state index contributed by atoms with van der Waals surface area (Å²) in [6.07, 6.45) is 2.26. The highest BCUT2D eigenvalue weighted by Crippen LogP contribution is 2.30. The molecule has 32 heavy (non-hydrogen) atoms. The fourth-order valence-corrected chi connectivity index (χ4v) is 4.52. The van der Waals surface area contributed by atoms with Crippen molar-refractivity contribution >= 4 is 39.1 Å². The zero-order chi connectivity index (χ0) is 22.8. The molecule has 4 rings (SSSR count). The van der Waals surface area contributed by atoms with Gasteiger partial charge in [-0.2, -0.15) is 5.10 Å². The van der Waals surface area contributed by atoms with E-state index in [1.165, 1.54) is 0 Å². The van der Waals surface area contributed by atoms with Crippen LogP contribution in [0.2, 0.25) is 0 Å². The Morgan fingerprint density at radius 3 is 2.44 bits per heavy atom. The van der Waals surface area contributed by atoms with E-state index in [9.17, 15) is 9.59 Å². The third-order valence-electron chi connectivity index (χ3n) is 5.42. The number of fused-ring (bicyclic) bond motifs is 1. The Morgan fingerprint density at radius 1 is 1.00 bits per heavy atom. The maximum atomic E-state index is 13.0. The number of nitrogens with zero attached hydrogens (tertiary/aromatic N) is 1. The van der Waals surface area contributed by atoms with E-state index in [4.69, 9.17) is 4.42 Å². The summed E-state index contributed by atoms with van der Waals surface area (Å²) < 4.78 is 6.66. The van der Waals surface area contributed by atoms with Gasteiger partial charge in [0, 0.05) is 27.7 Å². The van der Waals surface area contributed by atoms with Gasteiger partial charge in [-0.05, 0) is 84.9 Å². The molecule has 2 amide bonds. The molecule has 164 valence electrons. The Morgan fingerprint density at radius 2 is 1.72 bits per heavy atom. The van der Waals surface area contributed by atoms with Crippen LogP contribution in [0.5, 0.6) is 0 Å². The van der Waals surface area contributed by atoms with Gasteiger partial charge in [-0.3, -0.25) is 9.59 Å². The molecule has 1 aliphatic rings. The number of anilines is 1. The molecule has 0 aliphatic heterocycles. The van der Waals surface area contributed by atoms with Crippen LogP contribution in [0.15, 0.2) is 56.5 Å². The predicted octanol–water partition coefficient (Wildman–Crippen LogP) is 5.69. The average molecular weight is 494 g/mol. The summed E-state index contributed by atoms with van der Waals surface area (Å²) in [5, 5.41) is 7.32. The van der Waals surface area contributed by atoms with Crippen LogP contribution in [-0.2, 0) is 6.42 Å². The van der Waals surface area contributed by atoms with E-state index in [0.29, 0.717) is 16.5 Å². The van der Waals surface area contributed by atoms with Gasteiger partial charge in [-0.1, -0.05) is 18.2 Å². The predicted molar refractivity (Wildman–Crippen MR) is 128 cm³/mol. The van der Waals surface area contributed by atoms with E-state index in [-0.39, 0.29) is 17.6 Å². The Bertz CT molecular complexity index is 1220. The van der Waals surface area contributed by atoms with Crippen LogP contribution >= 0.6 is 15.9 Å². The lowest BCUT2D eigenvalue weighted by Crippen LogP contribution is -2.22. The molecule has 3 aromatic rings. The van der Waals surface area contributed by atoms with Crippen molar-refractivity contribution in [3.8, 4) is 0 Å². The summed E-state index contributed by atoms with van der Waals surface area (Å²) in [5.41, 5.74) is 8.30. The molecule has 0 saturated heterocycles. The van der Waals surface area contributed by atoms with Gasteiger partial charge in [0.05, 0.1) is 11.3 Å². The summed E-state index contributed by atoms with van der Waals surface area (Å²) in [7, 11) is 0. The number of hydrogen-bond acceptors (Lipinski definition) is 4. The summed E-state index contributed by atoms with van der Waals surface area (Å²) in [5.74, 6) is 0.415. The molecule has 0 unspecified atom stereocenters. The fraction of sp³-hybridized carbons (Fsp3) is 0.240. The van der Waals surface area contributed by atoms with E-state index in [2.05, 4.69) is 37.8 Å². The van der Waals surface area contributed by atoms with E-state index in [1.54, 1.807) is 12.1 Å². The van der Waals surface area contributed by atoms with Gasteiger partial charge in [-0.25, -0.2) is 5.43 Å². The van der Waals surface area contributed by atoms with Crippen LogP contribution in [0.1, 0.15) is 61.8 Å². The maximum Gasteiger partial charge on any atom is 0.291 e. The number of furan rings is 1. The summed E-state index contributed by atoms with van der Waals surface area (Å²) in [6.45, 7) is 5.84. The van der Waals surface area contributed by atoms with Crippen molar-refractivity contribution in [3.63, 3.8) is 0 Å². The Balaban J connectivity index is 1.58. The summed E-state index contributed by atoms with van der Waals surface area (Å²) in [6, 6.07) is 13.1. The largest absolute Gasteiger partial charge is 0.455 e. The first kappa shape index (κ1) is 22.0. The molecule has 7 heteroatoms. The van der Waals surface area contributed by atoms with E-state index >= 15 is 0 Å². The normalized spacial score (nSPS) is 14.2. The third kappa shape index (κ3) is 4.53. The first-order chi connectivity index (χ1) is 15.3. The van der Waals surface area contributed by atoms with Crippen LogP contribution in [0, 0.1) is 20.8 Å². The minimum absolute atomic E-state index is 0.279. The van der Waals surface area contributed by atoms with E-state index < -0.39 is 0 Å². The minimum atomic E-state index is -0.300. The maximum absolute atomic E-state index is 13.0. The van der Waals surface area contributed by atoms with E-state index in [1.807, 2.05) is 45.0 Å². The number of aryl methyl sites for hydroxylation is 3. The van der Waals surface area contributed by atoms with Crippen LogP contribution in [0.25, 0.3) is 0 Å². The lowest BCUT2D eigenvalue weighted by Gasteiger charge is -2.13. The van der Waals surface area contributed by atoms with Crippen molar-refractivity contribution in [1.29, 1.82) is 0 Å². The van der Waals surface area contributed by atoms with Gasteiger partial charge in [0.15, 0.2) is 5.76 Å².